The van der Waals surface area contributed by atoms with Crippen molar-refractivity contribution in [2.24, 2.45) is 0 Å². The summed E-state index contributed by atoms with van der Waals surface area (Å²) in [5.74, 6) is 1.31. The Bertz CT molecular complexity index is 709. The molecule has 134 valence electrons. The number of rotatable bonds is 5. The number of aromatic nitrogens is 3. The van der Waals surface area contributed by atoms with E-state index in [4.69, 9.17) is 9.47 Å². The summed E-state index contributed by atoms with van der Waals surface area (Å²) in [6, 6.07) is 2.20. The first-order valence-corrected chi connectivity index (χ1v) is 7.85. The molecule has 2 aromatic rings. The number of pyridine rings is 1. The van der Waals surface area contributed by atoms with Gasteiger partial charge in [0, 0.05) is 25.2 Å². The lowest BCUT2D eigenvalue weighted by Gasteiger charge is -2.18. The summed E-state index contributed by atoms with van der Waals surface area (Å²) in [7, 11) is 0. The normalized spacial score (nSPS) is 17.6. The van der Waals surface area contributed by atoms with Gasteiger partial charge in [-0.1, -0.05) is 0 Å². The molecule has 1 unspecified atom stereocenters. The standard InChI is InChI=1S/C16H17F3N4O2/c1-2-24-15-9-20-8-13(22-15)23-6-5-12(10-23)25-14-4-3-11(7-21-14)16(17,18)19/h3-4,7-9,12H,2,5-6,10H2,1H3. The molecule has 1 aliphatic heterocycles. The lowest BCUT2D eigenvalue weighted by atomic mass is 10.3. The molecule has 1 saturated heterocycles. The van der Waals surface area contributed by atoms with Gasteiger partial charge < -0.3 is 14.4 Å². The minimum atomic E-state index is -4.40. The van der Waals surface area contributed by atoms with Crippen molar-refractivity contribution in [2.75, 3.05) is 24.6 Å². The van der Waals surface area contributed by atoms with Crippen molar-refractivity contribution < 1.29 is 22.6 Å². The summed E-state index contributed by atoms with van der Waals surface area (Å²) < 4.78 is 48.6. The molecular formula is C16H17F3N4O2. The molecule has 0 radical (unpaired) electrons. The van der Waals surface area contributed by atoms with Crippen LogP contribution in [0.15, 0.2) is 30.7 Å². The van der Waals surface area contributed by atoms with Crippen LogP contribution in [0.5, 0.6) is 11.8 Å². The van der Waals surface area contributed by atoms with Crippen molar-refractivity contribution in [3.63, 3.8) is 0 Å². The third-order valence-corrected chi connectivity index (χ3v) is 3.71. The van der Waals surface area contributed by atoms with E-state index in [2.05, 4.69) is 15.0 Å². The third kappa shape index (κ3) is 4.28. The Hall–Kier alpha value is -2.58. The molecule has 2 aromatic heterocycles. The number of halogens is 3. The van der Waals surface area contributed by atoms with Gasteiger partial charge in [-0.05, 0) is 13.0 Å². The first kappa shape index (κ1) is 17.2. The van der Waals surface area contributed by atoms with E-state index in [9.17, 15) is 13.2 Å². The molecule has 1 fully saturated rings. The zero-order valence-corrected chi connectivity index (χ0v) is 13.5. The van der Waals surface area contributed by atoms with Gasteiger partial charge in [0.05, 0.1) is 31.1 Å². The quantitative estimate of drug-likeness (QED) is 0.823. The summed E-state index contributed by atoms with van der Waals surface area (Å²) in [5, 5.41) is 0. The van der Waals surface area contributed by atoms with Crippen LogP contribution in [-0.4, -0.2) is 40.8 Å². The second-order valence-electron chi connectivity index (χ2n) is 5.51. The van der Waals surface area contributed by atoms with E-state index < -0.39 is 11.7 Å². The van der Waals surface area contributed by atoms with E-state index in [0.29, 0.717) is 37.8 Å². The average molecular weight is 354 g/mol. The van der Waals surface area contributed by atoms with Crippen molar-refractivity contribution >= 4 is 5.82 Å². The molecule has 3 heterocycles. The molecule has 3 rings (SSSR count). The Morgan fingerprint density at radius 2 is 2.04 bits per heavy atom. The first-order valence-electron chi connectivity index (χ1n) is 7.85. The average Bonchev–Trinajstić information content (AvgIpc) is 3.04. The topological polar surface area (TPSA) is 60.4 Å². The first-order chi connectivity index (χ1) is 12.0. The number of nitrogens with zero attached hydrogens (tertiary/aromatic N) is 4. The maximum atomic E-state index is 12.5. The summed E-state index contributed by atoms with van der Waals surface area (Å²) >= 11 is 0. The van der Waals surface area contributed by atoms with Gasteiger partial charge in [0.1, 0.15) is 6.10 Å². The predicted molar refractivity (Wildman–Crippen MR) is 83.7 cm³/mol. The van der Waals surface area contributed by atoms with Gasteiger partial charge in [-0.25, -0.2) is 4.98 Å². The van der Waals surface area contributed by atoms with Crippen molar-refractivity contribution in [3.8, 4) is 11.8 Å². The smallest absolute Gasteiger partial charge is 0.417 e. The zero-order chi connectivity index (χ0) is 17.9. The fourth-order valence-electron chi connectivity index (χ4n) is 2.53. The van der Waals surface area contributed by atoms with Crippen LogP contribution in [0, 0.1) is 0 Å². The second-order valence-corrected chi connectivity index (χ2v) is 5.51. The van der Waals surface area contributed by atoms with Crippen LogP contribution in [0.1, 0.15) is 18.9 Å². The SMILES string of the molecule is CCOc1cncc(N2CCC(Oc3ccc(C(F)(F)F)cn3)C2)n1. The van der Waals surface area contributed by atoms with Gasteiger partial charge in [0.25, 0.3) is 0 Å². The fourth-order valence-corrected chi connectivity index (χ4v) is 2.53. The van der Waals surface area contributed by atoms with Crippen LogP contribution in [0.3, 0.4) is 0 Å². The Morgan fingerprint density at radius 1 is 1.20 bits per heavy atom. The highest BCUT2D eigenvalue weighted by Crippen LogP contribution is 2.29. The monoisotopic (exact) mass is 354 g/mol. The molecule has 1 aliphatic rings. The molecule has 6 nitrogen and oxygen atoms in total. The van der Waals surface area contributed by atoms with E-state index in [1.54, 1.807) is 12.4 Å². The highest BCUT2D eigenvalue weighted by molar-refractivity contribution is 5.39. The van der Waals surface area contributed by atoms with E-state index in [1.807, 2.05) is 11.8 Å². The molecule has 0 aromatic carbocycles. The highest BCUT2D eigenvalue weighted by atomic mass is 19.4. The molecule has 0 amide bonds. The Kier molecular flexibility index (Phi) is 4.91. The Morgan fingerprint density at radius 3 is 2.72 bits per heavy atom. The van der Waals surface area contributed by atoms with Gasteiger partial charge >= 0.3 is 6.18 Å². The van der Waals surface area contributed by atoms with Crippen molar-refractivity contribution in [1.29, 1.82) is 0 Å². The van der Waals surface area contributed by atoms with Gasteiger partial charge in [0.2, 0.25) is 11.8 Å². The molecule has 9 heteroatoms. The van der Waals surface area contributed by atoms with Crippen LogP contribution < -0.4 is 14.4 Å². The molecule has 0 N–H and O–H groups in total. The van der Waals surface area contributed by atoms with Crippen LogP contribution in [0.4, 0.5) is 19.0 Å². The number of hydrogen-bond acceptors (Lipinski definition) is 6. The van der Waals surface area contributed by atoms with Crippen molar-refractivity contribution in [2.45, 2.75) is 25.6 Å². The molecule has 0 aliphatic carbocycles. The summed E-state index contributed by atoms with van der Waals surface area (Å²) in [4.78, 5) is 14.2. The summed E-state index contributed by atoms with van der Waals surface area (Å²) in [6.45, 7) is 3.62. The van der Waals surface area contributed by atoms with Crippen LogP contribution in [0.2, 0.25) is 0 Å². The lowest BCUT2D eigenvalue weighted by molar-refractivity contribution is -0.137. The maximum absolute atomic E-state index is 12.5. The summed E-state index contributed by atoms with van der Waals surface area (Å²) in [5.41, 5.74) is -0.795. The van der Waals surface area contributed by atoms with E-state index >= 15 is 0 Å². The zero-order valence-electron chi connectivity index (χ0n) is 13.5. The van der Waals surface area contributed by atoms with Gasteiger partial charge in [-0.3, -0.25) is 4.98 Å². The van der Waals surface area contributed by atoms with Crippen molar-refractivity contribution in [3.05, 3.63) is 36.3 Å². The Balaban J connectivity index is 1.60. The molecule has 1 atom stereocenters. The lowest BCUT2D eigenvalue weighted by Crippen LogP contribution is -2.25. The molecule has 0 saturated carbocycles. The van der Waals surface area contributed by atoms with Crippen LogP contribution >= 0.6 is 0 Å². The highest BCUT2D eigenvalue weighted by Gasteiger charge is 2.31. The van der Waals surface area contributed by atoms with E-state index in [-0.39, 0.29) is 12.0 Å². The molecule has 0 spiro atoms. The third-order valence-electron chi connectivity index (χ3n) is 3.71. The van der Waals surface area contributed by atoms with Gasteiger partial charge in [-0.2, -0.15) is 18.2 Å². The van der Waals surface area contributed by atoms with Crippen molar-refractivity contribution in [1.82, 2.24) is 15.0 Å². The van der Waals surface area contributed by atoms with E-state index in [1.165, 1.54) is 6.07 Å². The van der Waals surface area contributed by atoms with Crippen LogP contribution in [-0.2, 0) is 6.18 Å². The number of ether oxygens (including phenoxy) is 2. The van der Waals surface area contributed by atoms with E-state index in [0.717, 1.165) is 12.3 Å². The predicted octanol–water partition coefficient (Wildman–Crippen LogP) is 2.95. The number of alkyl halides is 3. The maximum Gasteiger partial charge on any atom is 0.417 e. The van der Waals surface area contributed by atoms with Crippen LogP contribution in [0.25, 0.3) is 0 Å². The van der Waals surface area contributed by atoms with Gasteiger partial charge in [-0.15, -0.1) is 0 Å². The molecule has 25 heavy (non-hydrogen) atoms. The molecular weight excluding hydrogens is 337 g/mol. The largest absolute Gasteiger partial charge is 0.477 e. The number of anilines is 1. The fraction of sp³-hybridized carbons (Fsp3) is 0.438. The summed E-state index contributed by atoms with van der Waals surface area (Å²) in [6.07, 6.45) is 0.0917. The Labute approximate surface area is 142 Å². The van der Waals surface area contributed by atoms with Gasteiger partial charge in [0.15, 0.2) is 5.82 Å². The second kappa shape index (κ2) is 7.12. The minimum absolute atomic E-state index is 0.175. The minimum Gasteiger partial charge on any atom is -0.477 e. The number of hydrogen-bond donors (Lipinski definition) is 0. The molecule has 0 bridgehead atoms.